The number of hydrogen-bond donors (Lipinski definition) is 2. The molecule has 2 aromatic heterocycles. The van der Waals surface area contributed by atoms with E-state index < -0.39 is 11.7 Å². The fraction of sp³-hybridized carbons (Fsp3) is 0.188. The van der Waals surface area contributed by atoms with Gasteiger partial charge in [0.15, 0.2) is 5.65 Å². The maximum absolute atomic E-state index is 14.1. The minimum atomic E-state index is -0.496. The number of carbonyl (C=O) groups excluding carboxylic acids is 1. The number of H-pyrrole nitrogens is 1. The highest BCUT2D eigenvalue weighted by molar-refractivity contribution is 6.08. The van der Waals surface area contributed by atoms with Gasteiger partial charge in [-0.1, -0.05) is 12.1 Å². The Morgan fingerprint density at radius 1 is 1.27 bits per heavy atom. The van der Waals surface area contributed by atoms with E-state index in [9.17, 15) is 9.18 Å². The second-order valence-corrected chi connectivity index (χ2v) is 5.41. The molecule has 0 spiro atoms. The van der Waals surface area contributed by atoms with E-state index >= 15 is 0 Å². The molecule has 5 nitrogen and oxygen atoms in total. The third-order valence-corrected chi connectivity index (χ3v) is 3.86. The van der Waals surface area contributed by atoms with Gasteiger partial charge in [-0.3, -0.25) is 9.89 Å². The number of benzene rings is 1. The summed E-state index contributed by atoms with van der Waals surface area (Å²) in [7, 11) is 0. The molecule has 0 saturated heterocycles. The predicted molar refractivity (Wildman–Crippen MR) is 80.2 cm³/mol. The third kappa shape index (κ3) is 2.13. The molecular weight excluding hydrogens is 283 g/mol. The number of pyridine rings is 1. The van der Waals surface area contributed by atoms with E-state index in [1.165, 1.54) is 6.07 Å². The molecule has 0 bridgehead atoms. The van der Waals surface area contributed by atoms with E-state index in [2.05, 4.69) is 20.5 Å². The van der Waals surface area contributed by atoms with Crippen LogP contribution in [-0.4, -0.2) is 21.1 Å². The SMILES string of the molecule is O=C(Nc1[nH]nc2ncccc12)c1c(F)cccc1C1CC1. The normalized spacial score (nSPS) is 14.2. The van der Waals surface area contributed by atoms with Crippen molar-refractivity contribution in [2.24, 2.45) is 0 Å². The smallest absolute Gasteiger partial charge is 0.260 e. The molecule has 1 aliphatic rings. The van der Waals surface area contributed by atoms with E-state index in [0.717, 1.165) is 18.4 Å². The molecule has 0 atom stereocenters. The van der Waals surface area contributed by atoms with Crippen molar-refractivity contribution in [3.8, 4) is 0 Å². The van der Waals surface area contributed by atoms with E-state index in [1.807, 2.05) is 6.07 Å². The molecule has 2 N–H and O–H groups in total. The first-order valence-corrected chi connectivity index (χ1v) is 7.13. The topological polar surface area (TPSA) is 70.7 Å². The summed E-state index contributed by atoms with van der Waals surface area (Å²) in [6, 6.07) is 8.34. The van der Waals surface area contributed by atoms with Crippen LogP contribution in [0.15, 0.2) is 36.5 Å². The van der Waals surface area contributed by atoms with Crippen molar-refractivity contribution < 1.29 is 9.18 Å². The lowest BCUT2D eigenvalue weighted by atomic mass is 10.0. The Morgan fingerprint density at radius 3 is 2.95 bits per heavy atom. The molecule has 3 aromatic rings. The Bertz CT molecular complexity index is 869. The van der Waals surface area contributed by atoms with Gasteiger partial charge in [-0.05, 0) is 42.5 Å². The molecular formula is C16H13FN4O. The van der Waals surface area contributed by atoms with E-state index in [-0.39, 0.29) is 11.5 Å². The summed E-state index contributed by atoms with van der Waals surface area (Å²) >= 11 is 0. The van der Waals surface area contributed by atoms with Crippen molar-refractivity contribution in [2.45, 2.75) is 18.8 Å². The molecule has 110 valence electrons. The zero-order chi connectivity index (χ0) is 15.1. The van der Waals surface area contributed by atoms with Crippen LogP contribution in [0, 0.1) is 5.82 Å². The fourth-order valence-corrected chi connectivity index (χ4v) is 2.64. The minimum Gasteiger partial charge on any atom is -0.306 e. The number of hydrogen-bond acceptors (Lipinski definition) is 3. The second kappa shape index (κ2) is 4.91. The summed E-state index contributed by atoms with van der Waals surface area (Å²) in [4.78, 5) is 16.6. The first-order chi connectivity index (χ1) is 10.7. The molecule has 2 heterocycles. The lowest BCUT2D eigenvalue weighted by molar-refractivity contribution is 0.102. The van der Waals surface area contributed by atoms with Crippen LogP contribution >= 0.6 is 0 Å². The maximum atomic E-state index is 14.1. The van der Waals surface area contributed by atoms with E-state index in [0.29, 0.717) is 16.9 Å². The van der Waals surface area contributed by atoms with Gasteiger partial charge in [0, 0.05) is 6.20 Å². The number of nitrogens with one attached hydrogen (secondary N) is 2. The average molecular weight is 296 g/mol. The van der Waals surface area contributed by atoms with Gasteiger partial charge in [0.25, 0.3) is 5.91 Å². The second-order valence-electron chi connectivity index (χ2n) is 5.41. The zero-order valence-corrected chi connectivity index (χ0v) is 11.6. The summed E-state index contributed by atoms with van der Waals surface area (Å²) in [6.07, 6.45) is 3.62. The van der Waals surface area contributed by atoms with Gasteiger partial charge in [0.2, 0.25) is 0 Å². The highest BCUT2D eigenvalue weighted by atomic mass is 19.1. The summed E-state index contributed by atoms with van der Waals surface area (Å²) in [6.45, 7) is 0. The fourth-order valence-electron chi connectivity index (χ4n) is 2.64. The van der Waals surface area contributed by atoms with Gasteiger partial charge in [-0.25, -0.2) is 9.37 Å². The van der Waals surface area contributed by atoms with Crippen molar-refractivity contribution in [2.75, 3.05) is 5.32 Å². The largest absolute Gasteiger partial charge is 0.306 e. The van der Waals surface area contributed by atoms with Crippen LogP contribution in [0.2, 0.25) is 0 Å². The molecule has 1 aliphatic carbocycles. The Balaban J connectivity index is 1.71. The van der Waals surface area contributed by atoms with Gasteiger partial charge < -0.3 is 5.32 Å². The summed E-state index contributed by atoms with van der Waals surface area (Å²) < 4.78 is 14.1. The Morgan fingerprint density at radius 2 is 2.14 bits per heavy atom. The van der Waals surface area contributed by atoms with Crippen molar-refractivity contribution in [3.05, 3.63) is 53.5 Å². The molecule has 1 fully saturated rings. The standard InChI is InChI=1S/C16H13FN4O/c17-12-5-1-3-10(9-6-7-9)13(12)16(22)19-15-11-4-2-8-18-14(11)20-21-15/h1-5,8-9H,6-7H2,(H2,18,19,20,21,22). The van der Waals surface area contributed by atoms with Crippen LogP contribution in [0.3, 0.4) is 0 Å². The van der Waals surface area contributed by atoms with Gasteiger partial charge in [-0.2, -0.15) is 5.10 Å². The Kier molecular flexibility index (Phi) is 2.89. The van der Waals surface area contributed by atoms with Gasteiger partial charge in [-0.15, -0.1) is 0 Å². The Hall–Kier alpha value is -2.76. The maximum Gasteiger partial charge on any atom is 0.260 e. The highest BCUT2D eigenvalue weighted by Gasteiger charge is 2.30. The van der Waals surface area contributed by atoms with Gasteiger partial charge in [0.1, 0.15) is 11.6 Å². The predicted octanol–water partition coefficient (Wildman–Crippen LogP) is 3.23. The quantitative estimate of drug-likeness (QED) is 0.779. The summed E-state index contributed by atoms with van der Waals surface area (Å²) in [5, 5.41) is 10.1. The molecule has 1 saturated carbocycles. The van der Waals surface area contributed by atoms with Crippen LogP contribution in [0.4, 0.5) is 10.2 Å². The first-order valence-electron chi connectivity index (χ1n) is 7.13. The number of amides is 1. The molecule has 1 amide bonds. The number of carbonyl (C=O) groups is 1. The molecule has 22 heavy (non-hydrogen) atoms. The number of aromatic nitrogens is 3. The molecule has 0 unspecified atom stereocenters. The molecule has 0 radical (unpaired) electrons. The third-order valence-electron chi connectivity index (χ3n) is 3.86. The number of halogens is 1. The van der Waals surface area contributed by atoms with Crippen molar-refractivity contribution >= 4 is 22.8 Å². The van der Waals surface area contributed by atoms with Crippen LogP contribution in [0.5, 0.6) is 0 Å². The van der Waals surface area contributed by atoms with Gasteiger partial charge >= 0.3 is 0 Å². The molecule has 6 heteroatoms. The van der Waals surface area contributed by atoms with E-state index in [1.54, 1.807) is 24.4 Å². The number of anilines is 1. The highest BCUT2D eigenvalue weighted by Crippen LogP contribution is 2.42. The number of aromatic amines is 1. The number of rotatable bonds is 3. The minimum absolute atomic E-state index is 0.122. The van der Waals surface area contributed by atoms with Crippen LogP contribution < -0.4 is 5.32 Å². The monoisotopic (exact) mass is 296 g/mol. The lowest BCUT2D eigenvalue weighted by Gasteiger charge is -2.09. The molecule has 4 rings (SSSR count). The number of fused-ring (bicyclic) bond motifs is 1. The van der Waals surface area contributed by atoms with E-state index in [4.69, 9.17) is 0 Å². The summed E-state index contributed by atoms with van der Waals surface area (Å²) in [5.74, 6) is -0.243. The van der Waals surface area contributed by atoms with Crippen molar-refractivity contribution in [3.63, 3.8) is 0 Å². The van der Waals surface area contributed by atoms with Gasteiger partial charge in [0.05, 0.1) is 10.9 Å². The molecule has 0 aliphatic heterocycles. The average Bonchev–Trinajstić information content (AvgIpc) is 3.30. The van der Waals surface area contributed by atoms with Crippen LogP contribution in [-0.2, 0) is 0 Å². The van der Waals surface area contributed by atoms with Crippen LogP contribution in [0.25, 0.3) is 11.0 Å². The van der Waals surface area contributed by atoms with Crippen molar-refractivity contribution in [1.29, 1.82) is 0 Å². The van der Waals surface area contributed by atoms with Crippen molar-refractivity contribution in [1.82, 2.24) is 15.2 Å². The molecule has 1 aromatic carbocycles. The lowest BCUT2D eigenvalue weighted by Crippen LogP contribution is -2.16. The zero-order valence-electron chi connectivity index (χ0n) is 11.6. The number of nitrogens with zero attached hydrogens (tertiary/aromatic N) is 2. The first kappa shape index (κ1) is 12.9. The van der Waals surface area contributed by atoms with Crippen LogP contribution in [0.1, 0.15) is 34.7 Å². The Labute approximate surface area is 125 Å². The summed E-state index contributed by atoms with van der Waals surface area (Å²) in [5.41, 5.74) is 1.41.